The van der Waals surface area contributed by atoms with Crippen LogP contribution in [0.5, 0.6) is 5.75 Å². The van der Waals surface area contributed by atoms with Gasteiger partial charge in [0.25, 0.3) is 5.69 Å². The number of aromatic nitrogens is 1. The Kier molecular flexibility index (Phi) is 6.49. The van der Waals surface area contributed by atoms with Crippen molar-refractivity contribution in [3.05, 3.63) is 104 Å². The van der Waals surface area contributed by atoms with Crippen molar-refractivity contribution in [2.75, 3.05) is 5.43 Å². The fourth-order valence-electron chi connectivity index (χ4n) is 3.09. The molecule has 7 nitrogen and oxygen atoms in total. The van der Waals surface area contributed by atoms with Gasteiger partial charge in [-0.05, 0) is 40.1 Å². The van der Waals surface area contributed by atoms with Crippen LogP contribution in [-0.2, 0) is 6.61 Å². The number of nitro groups is 1. The van der Waals surface area contributed by atoms with Gasteiger partial charge in [-0.2, -0.15) is 5.10 Å². The van der Waals surface area contributed by atoms with E-state index < -0.39 is 4.92 Å². The second-order valence-electron chi connectivity index (χ2n) is 6.77. The lowest BCUT2D eigenvalue weighted by atomic mass is 10.1. The van der Waals surface area contributed by atoms with Crippen LogP contribution in [0.15, 0.2) is 78.0 Å². The summed E-state index contributed by atoms with van der Waals surface area (Å²) in [5.74, 6) is 0.752. The first kappa shape index (κ1) is 21.5. The molecule has 1 heterocycles. The Morgan fingerprint density at radius 2 is 1.81 bits per heavy atom. The van der Waals surface area contributed by atoms with E-state index in [4.69, 9.17) is 27.9 Å². The average Bonchev–Trinajstić information content (AvgIpc) is 2.79. The smallest absolute Gasteiger partial charge is 0.287 e. The Bertz CT molecular complexity index is 1280. The van der Waals surface area contributed by atoms with Crippen molar-refractivity contribution in [1.29, 1.82) is 0 Å². The van der Waals surface area contributed by atoms with E-state index >= 15 is 0 Å². The number of halogens is 2. The topological polar surface area (TPSA) is 89.7 Å². The lowest BCUT2D eigenvalue weighted by Crippen LogP contribution is -1.99. The van der Waals surface area contributed by atoms with Gasteiger partial charge in [-0.1, -0.05) is 65.7 Å². The summed E-state index contributed by atoms with van der Waals surface area (Å²) in [4.78, 5) is 14.1. The molecule has 0 saturated carbocycles. The number of ether oxygens (including phenoxy) is 1. The number of pyridine rings is 1. The van der Waals surface area contributed by atoms with Crippen molar-refractivity contribution >= 4 is 51.7 Å². The van der Waals surface area contributed by atoms with E-state index in [1.54, 1.807) is 12.1 Å². The van der Waals surface area contributed by atoms with Gasteiger partial charge in [-0.25, -0.2) is 4.98 Å². The molecule has 160 valence electrons. The SMILES string of the molecule is O=[N+]([O-])c1ccc(N/N=C/c2cc(Cl)c(OCc3cccc4ccccc34)c(Cl)c2)nc1. The van der Waals surface area contributed by atoms with Crippen molar-refractivity contribution in [3.63, 3.8) is 0 Å². The molecular formula is C23H16Cl2N4O3. The highest BCUT2D eigenvalue weighted by atomic mass is 35.5. The van der Waals surface area contributed by atoms with Gasteiger partial charge in [0.2, 0.25) is 0 Å². The molecule has 0 aliphatic carbocycles. The van der Waals surface area contributed by atoms with Gasteiger partial charge in [-0.15, -0.1) is 0 Å². The third-order valence-corrected chi connectivity index (χ3v) is 5.19. The van der Waals surface area contributed by atoms with Crippen LogP contribution in [0.25, 0.3) is 10.8 Å². The maximum absolute atomic E-state index is 10.7. The van der Waals surface area contributed by atoms with Crippen LogP contribution in [0, 0.1) is 10.1 Å². The van der Waals surface area contributed by atoms with Gasteiger partial charge in [0.05, 0.1) is 21.2 Å². The standard InChI is InChI=1S/C23H16Cl2N4O3/c24-20-10-15(12-27-28-22-9-8-18(13-26-22)29(30)31)11-21(25)23(20)32-14-17-6-3-5-16-4-1-2-7-19(16)17/h1-13H,14H2,(H,26,28)/b27-12+. The molecule has 9 heteroatoms. The second kappa shape index (κ2) is 9.64. The number of rotatable bonds is 7. The molecule has 0 saturated heterocycles. The van der Waals surface area contributed by atoms with Crippen LogP contribution < -0.4 is 10.2 Å². The minimum Gasteiger partial charge on any atom is -0.486 e. The predicted molar refractivity (Wildman–Crippen MR) is 127 cm³/mol. The molecule has 0 atom stereocenters. The maximum atomic E-state index is 10.7. The van der Waals surface area contributed by atoms with Gasteiger partial charge in [0, 0.05) is 6.07 Å². The quantitative estimate of drug-likeness (QED) is 0.191. The number of anilines is 1. The van der Waals surface area contributed by atoms with Crippen LogP contribution in [0.1, 0.15) is 11.1 Å². The molecule has 32 heavy (non-hydrogen) atoms. The molecule has 1 N–H and O–H groups in total. The summed E-state index contributed by atoms with van der Waals surface area (Å²) in [5.41, 5.74) is 4.27. The van der Waals surface area contributed by atoms with E-state index in [9.17, 15) is 10.1 Å². The Morgan fingerprint density at radius 3 is 2.53 bits per heavy atom. The highest BCUT2D eigenvalue weighted by Gasteiger charge is 2.11. The largest absolute Gasteiger partial charge is 0.486 e. The van der Waals surface area contributed by atoms with Crippen molar-refractivity contribution in [2.24, 2.45) is 5.10 Å². The van der Waals surface area contributed by atoms with Gasteiger partial charge in [-0.3, -0.25) is 15.5 Å². The minimum atomic E-state index is -0.520. The monoisotopic (exact) mass is 466 g/mol. The zero-order valence-corrected chi connectivity index (χ0v) is 18.0. The van der Waals surface area contributed by atoms with Crippen molar-refractivity contribution in [1.82, 2.24) is 4.98 Å². The zero-order chi connectivity index (χ0) is 22.5. The summed E-state index contributed by atoms with van der Waals surface area (Å²) in [7, 11) is 0. The molecule has 0 fully saturated rings. The van der Waals surface area contributed by atoms with Gasteiger partial charge < -0.3 is 4.74 Å². The molecule has 4 aromatic rings. The van der Waals surface area contributed by atoms with Gasteiger partial charge in [0.1, 0.15) is 18.6 Å². The number of hydrazone groups is 1. The average molecular weight is 467 g/mol. The molecule has 3 aromatic carbocycles. The number of benzene rings is 3. The predicted octanol–water partition coefficient (Wildman–Crippen LogP) is 6.47. The van der Waals surface area contributed by atoms with Gasteiger partial charge in [0.15, 0.2) is 5.75 Å². The van der Waals surface area contributed by atoms with E-state index in [0.29, 0.717) is 33.8 Å². The van der Waals surface area contributed by atoms with Crippen molar-refractivity contribution in [3.8, 4) is 5.75 Å². The highest BCUT2D eigenvalue weighted by molar-refractivity contribution is 6.37. The number of nitrogens with one attached hydrogen (secondary N) is 1. The first-order valence-electron chi connectivity index (χ1n) is 9.49. The molecule has 4 rings (SSSR count). The van der Waals surface area contributed by atoms with E-state index in [2.05, 4.69) is 15.5 Å². The molecular weight excluding hydrogens is 451 g/mol. The highest BCUT2D eigenvalue weighted by Crippen LogP contribution is 2.35. The number of hydrogen-bond donors (Lipinski definition) is 1. The lowest BCUT2D eigenvalue weighted by Gasteiger charge is -2.12. The lowest BCUT2D eigenvalue weighted by molar-refractivity contribution is -0.385. The van der Waals surface area contributed by atoms with Crippen LogP contribution in [0.4, 0.5) is 11.5 Å². The fourth-order valence-corrected chi connectivity index (χ4v) is 3.71. The summed E-state index contributed by atoms with van der Waals surface area (Å²) >= 11 is 12.8. The van der Waals surface area contributed by atoms with E-state index in [1.807, 2.05) is 42.5 Å². The summed E-state index contributed by atoms with van der Waals surface area (Å²) in [5, 5.41) is 17.7. The summed E-state index contributed by atoms with van der Waals surface area (Å²) in [6.07, 6.45) is 2.66. The molecule has 0 radical (unpaired) electrons. The maximum Gasteiger partial charge on any atom is 0.287 e. The molecule has 0 amide bonds. The molecule has 0 unspecified atom stereocenters. The summed E-state index contributed by atoms with van der Waals surface area (Å²) in [6, 6.07) is 20.3. The van der Waals surface area contributed by atoms with Gasteiger partial charge >= 0.3 is 0 Å². The minimum absolute atomic E-state index is 0.0998. The Balaban J connectivity index is 1.44. The molecule has 0 spiro atoms. The Labute approximate surface area is 193 Å². The van der Waals surface area contributed by atoms with E-state index in [-0.39, 0.29) is 5.69 Å². The summed E-state index contributed by atoms with van der Waals surface area (Å²) in [6.45, 7) is 0.321. The molecule has 0 aliphatic heterocycles. The van der Waals surface area contributed by atoms with Crippen LogP contribution in [-0.4, -0.2) is 16.1 Å². The fraction of sp³-hybridized carbons (Fsp3) is 0.0435. The summed E-state index contributed by atoms with van der Waals surface area (Å²) < 4.78 is 5.93. The zero-order valence-electron chi connectivity index (χ0n) is 16.5. The second-order valence-corrected chi connectivity index (χ2v) is 7.58. The first-order valence-corrected chi connectivity index (χ1v) is 10.2. The first-order chi connectivity index (χ1) is 15.5. The third-order valence-electron chi connectivity index (χ3n) is 4.62. The normalized spacial score (nSPS) is 11.1. The molecule has 0 bridgehead atoms. The van der Waals surface area contributed by atoms with Crippen LogP contribution >= 0.6 is 23.2 Å². The van der Waals surface area contributed by atoms with Crippen molar-refractivity contribution < 1.29 is 9.66 Å². The van der Waals surface area contributed by atoms with E-state index in [1.165, 1.54) is 18.3 Å². The van der Waals surface area contributed by atoms with Crippen molar-refractivity contribution in [2.45, 2.75) is 6.61 Å². The Morgan fingerprint density at radius 1 is 1.06 bits per heavy atom. The van der Waals surface area contributed by atoms with E-state index in [0.717, 1.165) is 22.5 Å². The number of nitrogens with zero attached hydrogens (tertiary/aromatic N) is 3. The molecule has 0 aliphatic rings. The third kappa shape index (κ3) is 4.96. The van der Waals surface area contributed by atoms with Crippen LogP contribution in [0.3, 0.4) is 0 Å². The Hall–Kier alpha value is -3.68. The number of fused-ring (bicyclic) bond motifs is 1. The molecule has 1 aromatic heterocycles. The van der Waals surface area contributed by atoms with Crippen LogP contribution in [0.2, 0.25) is 10.0 Å². The number of hydrogen-bond acceptors (Lipinski definition) is 6.